The molecule has 58 valence electrons. The Labute approximate surface area is 62.2 Å². The molecule has 0 aliphatic carbocycles. The van der Waals surface area contributed by atoms with Gasteiger partial charge in [0.05, 0.1) is 6.54 Å². The van der Waals surface area contributed by atoms with Crippen LogP contribution in [0.3, 0.4) is 0 Å². The number of carbonyl (C=O) groups is 1. The van der Waals surface area contributed by atoms with Gasteiger partial charge in [-0.05, 0) is 20.9 Å². The van der Waals surface area contributed by atoms with E-state index in [1.165, 1.54) is 0 Å². The maximum atomic E-state index is 11.2. The van der Waals surface area contributed by atoms with E-state index >= 15 is 0 Å². The summed E-state index contributed by atoms with van der Waals surface area (Å²) in [5.41, 5.74) is 0.0666. The lowest BCUT2D eigenvalue weighted by molar-refractivity contribution is -0.119. The Morgan fingerprint density at radius 1 is 1.60 bits per heavy atom. The minimum absolute atomic E-state index is 0.0666. The molecular formula is C8H15NO. The van der Waals surface area contributed by atoms with Crippen LogP contribution in [0.5, 0.6) is 0 Å². The molecule has 1 aliphatic heterocycles. The molecular weight excluding hydrogens is 126 g/mol. The molecule has 1 rings (SSSR count). The monoisotopic (exact) mass is 141 g/mol. The van der Waals surface area contributed by atoms with E-state index in [1.54, 1.807) is 0 Å². The van der Waals surface area contributed by atoms with Crippen LogP contribution in [0, 0.1) is 5.92 Å². The van der Waals surface area contributed by atoms with E-state index in [2.05, 4.69) is 18.7 Å². The first-order chi connectivity index (χ1) is 4.46. The van der Waals surface area contributed by atoms with Crippen molar-refractivity contribution in [2.24, 2.45) is 5.92 Å². The van der Waals surface area contributed by atoms with Crippen LogP contribution < -0.4 is 0 Å². The van der Waals surface area contributed by atoms with Gasteiger partial charge in [0.1, 0.15) is 0 Å². The van der Waals surface area contributed by atoms with Crippen molar-refractivity contribution in [1.29, 1.82) is 0 Å². The number of hydrogen-bond donors (Lipinski definition) is 0. The van der Waals surface area contributed by atoms with Gasteiger partial charge in [-0.25, -0.2) is 0 Å². The van der Waals surface area contributed by atoms with Gasteiger partial charge in [0.15, 0.2) is 5.78 Å². The number of likely N-dealkylation sites (tertiary alicyclic amines) is 1. The third-order valence-corrected chi connectivity index (χ3v) is 2.92. The Kier molecular flexibility index (Phi) is 1.59. The molecule has 1 fully saturated rings. The molecule has 0 saturated carbocycles. The SMILES string of the molecule is CC1C(=O)CN(C)C1(C)C. The van der Waals surface area contributed by atoms with Crippen LogP contribution in [0.25, 0.3) is 0 Å². The third-order valence-electron chi connectivity index (χ3n) is 2.92. The van der Waals surface area contributed by atoms with E-state index in [1.807, 2.05) is 14.0 Å². The topological polar surface area (TPSA) is 20.3 Å². The van der Waals surface area contributed by atoms with Crippen molar-refractivity contribution in [2.75, 3.05) is 13.6 Å². The van der Waals surface area contributed by atoms with Gasteiger partial charge in [0.2, 0.25) is 0 Å². The summed E-state index contributed by atoms with van der Waals surface area (Å²) in [6.07, 6.45) is 0. The maximum Gasteiger partial charge on any atom is 0.151 e. The van der Waals surface area contributed by atoms with E-state index in [0.29, 0.717) is 12.3 Å². The summed E-state index contributed by atoms with van der Waals surface area (Å²) >= 11 is 0. The molecule has 0 bridgehead atoms. The van der Waals surface area contributed by atoms with Crippen LogP contribution in [0.1, 0.15) is 20.8 Å². The first kappa shape index (κ1) is 7.73. The highest BCUT2D eigenvalue weighted by molar-refractivity contribution is 5.86. The Morgan fingerprint density at radius 3 is 2.20 bits per heavy atom. The Morgan fingerprint density at radius 2 is 2.10 bits per heavy atom. The smallest absolute Gasteiger partial charge is 0.151 e. The second-order valence-corrected chi connectivity index (χ2v) is 3.70. The number of Topliss-reactive ketones (excluding diaryl/α,β-unsaturated/α-hetero) is 1. The molecule has 0 aromatic rings. The summed E-state index contributed by atoms with van der Waals surface area (Å²) in [4.78, 5) is 13.3. The number of ketones is 1. The zero-order valence-corrected chi connectivity index (χ0v) is 7.14. The minimum Gasteiger partial charge on any atom is -0.298 e. The zero-order valence-electron chi connectivity index (χ0n) is 7.14. The largest absolute Gasteiger partial charge is 0.298 e. The van der Waals surface area contributed by atoms with Crippen LogP contribution in [0.4, 0.5) is 0 Å². The van der Waals surface area contributed by atoms with Gasteiger partial charge in [0, 0.05) is 11.5 Å². The molecule has 0 N–H and O–H groups in total. The molecule has 0 aromatic carbocycles. The second-order valence-electron chi connectivity index (χ2n) is 3.70. The van der Waals surface area contributed by atoms with E-state index in [9.17, 15) is 4.79 Å². The lowest BCUT2D eigenvalue weighted by Gasteiger charge is -2.29. The Balaban J connectivity index is 2.85. The fourth-order valence-electron chi connectivity index (χ4n) is 1.30. The average Bonchev–Trinajstić information content (AvgIpc) is 1.97. The van der Waals surface area contributed by atoms with Crippen molar-refractivity contribution in [1.82, 2.24) is 4.90 Å². The van der Waals surface area contributed by atoms with Gasteiger partial charge in [0.25, 0.3) is 0 Å². The predicted molar refractivity (Wildman–Crippen MR) is 40.9 cm³/mol. The summed E-state index contributed by atoms with van der Waals surface area (Å²) in [6, 6.07) is 0. The molecule has 0 aromatic heterocycles. The van der Waals surface area contributed by atoms with E-state index < -0.39 is 0 Å². The quantitative estimate of drug-likeness (QED) is 0.500. The molecule has 1 unspecified atom stereocenters. The van der Waals surface area contributed by atoms with Crippen molar-refractivity contribution in [3.05, 3.63) is 0 Å². The highest BCUT2D eigenvalue weighted by Crippen LogP contribution is 2.29. The van der Waals surface area contributed by atoms with E-state index in [0.717, 1.165) is 0 Å². The summed E-state index contributed by atoms with van der Waals surface area (Å²) in [5, 5.41) is 0. The molecule has 2 nitrogen and oxygen atoms in total. The molecule has 10 heavy (non-hydrogen) atoms. The number of rotatable bonds is 0. The van der Waals surface area contributed by atoms with Gasteiger partial charge < -0.3 is 0 Å². The van der Waals surface area contributed by atoms with Crippen LogP contribution in [0.15, 0.2) is 0 Å². The van der Waals surface area contributed by atoms with Gasteiger partial charge in [-0.15, -0.1) is 0 Å². The van der Waals surface area contributed by atoms with Crippen molar-refractivity contribution in [2.45, 2.75) is 26.3 Å². The normalized spacial score (nSPS) is 33.2. The standard InChI is InChI=1S/C8H15NO/c1-6-7(10)5-9(4)8(6,2)3/h6H,5H2,1-4H3. The van der Waals surface area contributed by atoms with Crippen molar-refractivity contribution in [3.63, 3.8) is 0 Å². The van der Waals surface area contributed by atoms with Gasteiger partial charge in [-0.3, -0.25) is 9.69 Å². The predicted octanol–water partition coefficient (Wildman–Crippen LogP) is 0.916. The molecule has 0 radical (unpaired) electrons. The highest BCUT2D eigenvalue weighted by Gasteiger charge is 2.41. The molecule has 1 atom stereocenters. The van der Waals surface area contributed by atoms with Gasteiger partial charge in [-0.2, -0.15) is 0 Å². The molecule has 1 saturated heterocycles. The second kappa shape index (κ2) is 2.06. The van der Waals surface area contributed by atoms with Crippen LogP contribution >= 0.6 is 0 Å². The van der Waals surface area contributed by atoms with Crippen LogP contribution in [-0.4, -0.2) is 29.8 Å². The fourth-order valence-corrected chi connectivity index (χ4v) is 1.30. The third kappa shape index (κ3) is 0.870. The number of carbonyl (C=O) groups excluding carboxylic acids is 1. The van der Waals surface area contributed by atoms with Crippen molar-refractivity contribution in [3.8, 4) is 0 Å². The lowest BCUT2D eigenvalue weighted by Crippen LogP contribution is -2.38. The zero-order chi connectivity index (χ0) is 7.94. The number of nitrogens with zero attached hydrogens (tertiary/aromatic N) is 1. The van der Waals surface area contributed by atoms with Crippen molar-refractivity contribution < 1.29 is 4.79 Å². The number of likely N-dealkylation sites (N-methyl/N-ethyl adjacent to an activating group) is 1. The lowest BCUT2D eigenvalue weighted by atomic mass is 9.90. The summed E-state index contributed by atoms with van der Waals surface area (Å²) in [7, 11) is 2.00. The van der Waals surface area contributed by atoms with E-state index in [-0.39, 0.29) is 11.5 Å². The van der Waals surface area contributed by atoms with Gasteiger partial charge >= 0.3 is 0 Å². The van der Waals surface area contributed by atoms with Crippen LogP contribution in [-0.2, 0) is 4.79 Å². The van der Waals surface area contributed by atoms with Crippen LogP contribution in [0.2, 0.25) is 0 Å². The minimum atomic E-state index is 0.0666. The highest BCUT2D eigenvalue weighted by atomic mass is 16.1. The van der Waals surface area contributed by atoms with Crippen molar-refractivity contribution >= 4 is 5.78 Å². The summed E-state index contributed by atoms with van der Waals surface area (Å²) in [6.45, 7) is 6.85. The molecule has 2 heteroatoms. The molecule has 0 amide bonds. The fraction of sp³-hybridized carbons (Fsp3) is 0.875. The molecule has 1 aliphatic rings. The number of hydrogen-bond acceptors (Lipinski definition) is 2. The summed E-state index contributed by atoms with van der Waals surface area (Å²) < 4.78 is 0. The molecule has 0 spiro atoms. The van der Waals surface area contributed by atoms with E-state index in [4.69, 9.17) is 0 Å². The first-order valence-corrected chi connectivity index (χ1v) is 3.70. The average molecular weight is 141 g/mol. The first-order valence-electron chi connectivity index (χ1n) is 3.70. The Hall–Kier alpha value is -0.370. The Bertz CT molecular complexity index is 163. The molecule has 1 heterocycles. The maximum absolute atomic E-state index is 11.2. The summed E-state index contributed by atoms with van der Waals surface area (Å²) in [5.74, 6) is 0.560. The van der Waals surface area contributed by atoms with Gasteiger partial charge in [-0.1, -0.05) is 6.92 Å².